The summed E-state index contributed by atoms with van der Waals surface area (Å²) in [7, 11) is 5.04. The quantitative estimate of drug-likeness (QED) is 0.898. The van der Waals surface area contributed by atoms with E-state index in [9.17, 15) is 4.79 Å². The second kappa shape index (κ2) is 6.80. The molecule has 1 aromatic carbocycles. The maximum Gasteiger partial charge on any atom is 0.225 e. The summed E-state index contributed by atoms with van der Waals surface area (Å²) in [5.74, 6) is 1.58. The van der Waals surface area contributed by atoms with Gasteiger partial charge in [-0.15, -0.1) is 0 Å². The molecule has 1 aliphatic carbocycles. The van der Waals surface area contributed by atoms with E-state index in [0.29, 0.717) is 18.0 Å². The van der Waals surface area contributed by atoms with Gasteiger partial charge in [-0.1, -0.05) is 12.1 Å². The summed E-state index contributed by atoms with van der Waals surface area (Å²) in [5, 5.41) is 0. The number of hydrogen-bond acceptors (Lipinski definition) is 4. The lowest BCUT2D eigenvalue weighted by Crippen LogP contribution is -2.32. The van der Waals surface area contributed by atoms with Crippen LogP contribution in [0.15, 0.2) is 18.2 Å². The molecule has 2 rings (SSSR count). The summed E-state index contributed by atoms with van der Waals surface area (Å²) < 4.78 is 10.7. The minimum Gasteiger partial charge on any atom is -0.493 e. The lowest BCUT2D eigenvalue weighted by molar-refractivity contribution is -0.134. The topological polar surface area (TPSA) is 64.8 Å². The lowest BCUT2D eigenvalue weighted by Gasteiger charge is -2.22. The van der Waals surface area contributed by atoms with E-state index >= 15 is 0 Å². The molecule has 1 aliphatic rings. The molecule has 1 fully saturated rings. The number of methoxy groups -OCH3 is 2. The van der Waals surface area contributed by atoms with Crippen LogP contribution in [0.5, 0.6) is 11.5 Å². The van der Waals surface area contributed by atoms with Gasteiger partial charge in [0.2, 0.25) is 5.91 Å². The predicted molar refractivity (Wildman–Crippen MR) is 81.3 cm³/mol. The van der Waals surface area contributed by atoms with Crippen molar-refractivity contribution in [2.45, 2.75) is 31.8 Å². The lowest BCUT2D eigenvalue weighted by atomic mass is 10.1. The predicted octanol–water partition coefficient (Wildman–Crippen LogP) is 1.79. The smallest absolute Gasteiger partial charge is 0.225 e. The van der Waals surface area contributed by atoms with Crippen molar-refractivity contribution in [3.63, 3.8) is 0 Å². The number of carbonyl (C=O) groups excluding carboxylic acids is 1. The first-order valence-corrected chi connectivity index (χ1v) is 7.27. The van der Waals surface area contributed by atoms with Crippen LogP contribution in [0, 0.1) is 5.92 Å². The normalized spacial score (nSPS) is 21.1. The average molecular weight is 292 g/mol. The Bertz CT molecular complexity index is 504. The number of carbonyl (C=O) groups is 1. The average Bonchev–Trinajstić information content (AvgIpc) is 2.92. The molecule has 0 spiro atoms. The first-order chi connectivity index (χ1) is 10.1. The van der Waals surface area contributed by atoms with Crippen LogP contribution < -0.4 is 15.2 Å². The van der Waals surface area contributed by atoms with Crippen LogP contribution >= 0.6 is 0 Å². The molecule has 21 heavy (non-hydrogen) atoms. The van der Waals surface area contributed by atoms with Crippen molar-refractivity contribution in [1.82, 2.24) is 4.90 Å². The van der Waals surface area contributed by atoms with Gasteiger partial charge in [0.1, 0.15) is 0 Å². The van der Waals surface area contributed by atoms with E-state index in [2.05, 4.69) is 0 Å². The first-order valence-electron chi connectivity index (χ1n) is 7.27. The van der Waals surface area contributed by atoms with E-state index in [1.165, 1.54) is 0 Å². The molecule has 2 unspecified atom stereocenters. The van der Waals surface area contributed by atoms with Crippen molar-refractivity contribution < 1.29 is 14.3 Å². The number of hydrogen-bond donors (Lipinski definition) is 1. The summed E-state index contributed by atoms with van der Waals surface area (Å²) in [5.41, 5.74) is 6.83. The third-order valence-electron chi connectivity index (χ3n) is 4.09. The first kappa shape index (κ1) is 15.6. The van der Waals surface area contributed by atoms with E-state index in [-0.39, 0.29) is 17.9 Å². The zero-order valence-electron chi connectivity index (χ0n) is 13.0. The van der Waals surface area contributed by atoms with E-state index in [0.717, 1.165) is 24.8 Å². The van der Waals surface area contributed by atoms with Crippen molar-refractivity contribution in [2.75, 3.05) is 21.3 Å². The molecule has 0 aliphatic heterocycles. The Hall–Kier alpha value is -1.75. The van der Waals surface area contributed by atoms with Gasteiger partial charge in [-0.2, -0.15) is 0 Å². The number of amides is 1. The third-order valence-corrected chi connectivity index (χ3v) is 4.09. The molecule has 0 aromatic heterocycles. The minimum atomic E-state index is 0.0570. The van der Waals surface area contributed by atoms with Crippen molar-refractivity contribution in [3.05, 3.63) is 23.8 Å². The fourth-order valence-electron chi connectivity index (χ4n) is 2.96. The Balaban J connectivity index is 2.09. The Kier molecular flexibility index (Phi) is 5.07. The van der Waals surface area contributed by atoms with Crippen LogP contribution in [0.2, 0.25) is 0 Å². The highest BCUT2D eigenvalue weighted by Crippen LogP contribution is 2.32. The summed E-state index contributed by atoms with van der Waals surface area (Å²) in [6, 6.07) is 5.87. The van der Waals surface area contributed by atoms with Gasteiger partial charge in [-0.05, 0) is 25.3 Å². The molecular weight excluding hydrogens is 268 g/mol. The van der Waals surface area contributed by atoms with Gasteiger partial charge >= 0.3 is 0 Å². The van der Waals surface area contributed by atoms with E-state index < -0.39 is 0 Å². The minimum absolute atomic E-state index is 0.0570. The monoisotopic (exact) mass is 292 g/mol. The fraction of sp³-hybridized carbons (Fsp3) is 0.562. The Morgan fingerprint density at radius 2 is 2.10 bits per heavy atom. The molecule has 5 nitrogen and oxygen atoms in total. The molecule has 1 amide bonds. The highest BCUT2D eigenvalue weighted by atomic mass is 16.5. The Morgan fingerprint density at radius 3 is 2.67 bits per heavy atom. The van der Waals surface area contributed by atoms with Crippen LogP contribution in [-0.2, 0) is 11.3 Å². The third kappa shape index (κ3) is 3.47. The van der Waals surface area contributed by atoms with Gasteiger partial charge in [-0.25, -0.2) is 0 Å². The maximum atomic E-state index is 12.4. The van der Waals surface area contributed by atoms with Crippen molar-refractivity contribution in [2.24, 2.45) is 11.7 Å². The molecule has 2 N–H and O–H groups in total. The zero-order chi connectivity index (χ0) is 15.4. The van der Waals surface area contributed by atoms with E-state index in [1.807, 2.05) is 25.2 Å². The standard InChI is InChI=1S/C16H24N2O3/c1-18(16(19)11-7-8-13(17)9-11)10-12-5-4-6-14(20-2)15(12)21-3/h4-6,11,13H,7-10,17H2,1-3H3. The molecule has 0 radical (unpaired) electrons. The molecule has 116 valence electrons. The maximum absolute atomic E-state index is 12.4. The summed E-state index contributed by atoms with van der Waals surface area (Å²) in [6.07, 6.45) is 2.62. The molecule has 5 heteroatoms. The van der Waals surface area contributed by atoms with Crippen LogP contribution in [0.25, 0.3) is 0 Å². The highest BCUT2D eigenvalue weighted by Gasteiger charge is 2.30. The number of benzene rings is 1. The molecule has 0 heterocycles. The van der Waals surface area contributed by atoms with Gasteiger partial charge in [-0.3, -0.25) is 4.79 Å². The van der Waals surface area contributed by atoms with Gasteiger partial charge in [0.25, 0.3) is 0 Å². The van der Waals surface area contributed by atoms with Crippen LogP contribution in [0.3, 0.4) is 0 Å². The largest absolute Gasteiger partial charge is 0.493 e. The van der Waals surface area contributed by atoms with Gasteiger partial charge in [0.05, 0.1) is 14.2 Å². The van der Waals surface area contributed by atoms with Gasteiger partial charge < -0.3 is 20.1 Å². The zero-order valence-corrected chi connectivity index (χ0v) is 13.0. The van der Waals surface area contributed by atoms with Crippen molar-refractivity contribution in [1.29, 1.82) is 0 Å². The summed E-state index contributed by atoms with van der Waals surface area (Å²) >= 11 is 0. The van der Waals surface area contributed by atoms with Crippen LogP contribution in [-0.4, -0.2) is 38.1 Å². The van der Waals surface area contributed by atoms with Crippen LogP contribution in [0.4, 0.5) is 0 Å². The molecule has 0 bridgehead atoms. The molecule has 0 saturated heterocycles. The summed E-state index contributed by atoms with van der Waals surface area (Å²) in [4.78, 5) is 14.2. The Morgan fingerprint density at radius 1 is 1.33 bits per heavy atom. The summed E-state index contributed by atoms with van der Waals surface area (Å²) in [6.45, 7) is 0.505. The van der Waals surface area contributed by atoms with Crippen LogP contribution in [0.1, 0.15) is 24.8 Å². The molecule has 1 saturated carbocycles. The molecule has 2 atom stereocenters. The molecule has 1 aromatic rings. The number of nitrogens with two attached hydrogens (primary N) is 1. The fourth-order valence-corrected chi connectivity index (χ4v) is 2.96. The number of para-hydroxylation sites is 1. The van der Waals surface area contributed by atoms with Gasteiger partial charge in [0.15, 0.2) is 11.5 Å². The molecular formula is C16H24N2O3. The van der Waals surface area contributed by atoms with Gasteiger partial charge in [0, 0.05) is 31.1 Å². The second-order valence-electron chi connectivity index (χ2n) is 5.62. The number of nitrogens with zero attached hydrogens (tertiary/aromatic N) is 1. The van der Waals surface area contributed by atoms with E-state index in [4.69, 9.17) is 15.2 Å². The number of rotatable bonds is 5. The second-order valence-corrected chi connectivity index (χ2v) is 5.62. The van der Waals surface area contributed by atoms with Crippen molar-refractivity contribution in [3.8, 4) is 11.5 Å². The number of ether oxygens (including phenoxy) is 2. The SMILES string of the molecule is COc1cccc(CN(C)C(=O)C2CCC(N)C2)c1OC. The highest BCUT2D eigenvalue weighted by molar-refractivity contribution is 5.79. The van der Waals surface area contributed by atoms with E-state index in [1.54, 1.807) is 19.1 Å². The van der Waals surface area contributed by atoms with Crippen molar-refractivity contribution >= 4 is 5.91 Å². The Labute approximate surface area is 126 Å².